The smallest absolute Gasteiger partial charge is 0.133 e. The topological polar surface area (TPSA) is 58.7 Å². The molecule has 0 aliphatic carbocycles. The number of rotatable bonds is 7. The lowest BCUT2D eigenvalue weighted by Crippen LogP contribution is -2.33. The second-order valence-electron chi connectivity index (χ2n) is 7.82. The molecule has 0 radical (unpaired) electrons. The lowest BCUT2D eigenvalue weighted by Gasteiger charge is -2.22. The fourth-order valence-electron chi connectivity index (χ4n) is 2.71. The molecule has 5 heteroatoms. The lowest BCUT2D eigenvalue weighted by atomic mass is 9.86. The molecule has 0 aliphatic heterocycles. The van der Waals surface area contributed by atoms with E-state index in [0.717, 1.165) is 22.8 Å². The standard InChI is InChI=1S/C20H30N2O3/c1-14-9-16(20(3,4)5)7-8-19(14)24-13-18(23)12-22(6)11-17-10-15(2)25-21-17/h7-10,18,23H,11-13H2,1-6H3. The molecule has 1 aromatic heterocycles. The predicted molar refractivity (Wildman–Crippen MR) is 99.0 cm³/mol. The number of likely N-dealkylation sites (N-methyl/N-ethyl adjacent to an activating group) is 1. The summed E-state index contributed by atoms with van der Waals surface area (Å²) in [7, 11) is 1.94. The predicted octanol–water partition coefficient (Wildman–Crippen LogP) is 3.46. The fraction of sp³-hybridized carbons (Fsp3) is 0.550. The third-order valence-electron chi connectivity index (χ3n) is 4.10. The minimum Gasteiger partial charge on any atom is -0.491 e. The van der Waals surface area contributed by atoms with E-state index in [1.165, 1.54) is 5.56 Å². The zero-order valence-electron chi connectivity index (χ0n) is 16.2. The Hall–Kier alpha value is -1.85. The second-order valence-corrected chi connectivity index (χ2v) is 7.82. The van der Waals surface area contributed by atoms with E-state index >= 15 is 0 Å². The Morgan fingerprint density at radius 2 is 1.96 bits per heavy atom. The van der Waals surface area contributed by atoms with Gasteiger partial charge in [-0.25, -0.2) is 0 Å². The van der Waals surface area contributed by atoms with Gasteiger partial charge in [0.25, 0.3) is 0 Å². The molecular weight excluding hydrogens is 316 g/mol. The molecule has 1 atom stereocenters. The van der Waals surface area contributed by atoms with Crippen LogP contribution in [0.15, 0.2) is 28.8 Å². The molecule has 1 N–H and O–H groups in total. The SMILES string of the molecule is Cc1cc(CN(C)CC(O)COc2ccc(C(C)(C)C)cc2C)no1. The fourth-order valence-corrected chi connectivity index (χ4v) is 2.71. The first-order chi connectivity index (χ1) is 11.6. The molecule has 0 saturated carbocycles. The van der Waals surface area contributed by atoms with Gasteiger partial charge in [-0.15, -0.1) is 0 Å². The Labute approximate surface area is 150 Å². The number of nitrogens with zero attached hydrogens (tertiary/aromatic N) is 2. The van der Waals surface area contributed by atoms with Gasteiger partial charge in [0.05, 0.1) is 5.69 Å². The highest BCUT2D eigenvalue weighted by atomic mass is 16.5. The molecule has 25 heavy (non-hydrogen) atoms. The quantitative estimate of drug-likeness (QED) is 0.832. The highest BCUT2D eigenvalue weighted by Gasteiger charge is 2.16. The van der Waals surface area contributed by atoms with Gasteiger partial charge in [0.1, 0.15) is 24.2 Å². The van der Waals surface area contributed by atoms with Gasteiger partial charge in [-0.05, 0) is 43.5 Å². The van der Waals surface area contributed by atoms with E-state index in [1.54, 1.807) is 0 Å². The number of ether oxygens (including phenoxy) is 1. The van der Waals surface area contributed by atoms with E-state index in [9.17, 15) is 5.11 Å². The molecule has 0 aliphatic rings. The van der Waals surface area contributed by atoms with Crippen molar-refractivity contribution in [2.24, 2.45) is 0 Å². The molecule has 1 heterocycles. The van der Waals surface area contributed by atoms with Crippen LogP contribution in [0.25, 0.3) is 0 Å². The number of aliphatic hydroxyl groups excluding tert-OH is 1. The molecule has 0 saturated heterocycles. The van der Waals surface area contributed by atoms with Gasteiger partial charge in [-0.2, -0.15) is 0 Å². The van der Waals surface area contributed by atoms with Gasteiger partial charge >= 0.3 is 0 Å². The minimum absolute atomic E-state index is 0.116. The van der Waals surface area contributed by atoms with E-state index in [2.05, 4.69) is 38.1 Å². The van der Waals surface area contributed by atoms with Crippen LogP contribution in [-0.2, 0) is 12.0 Å². The number of aromatic nitrogens is 1. The Morgan fingerprint density at radius 3 is 2.52 bits per heavy atom. The Kier molecular flexibility index (Phi) is 6.25. The summed E-state index contributed by atoms with van der Waals surface area (Å²) in [5, 5.41) is 14.2. The molecule has 0 amide bonds. The summed E-state index contributed by atoms with van der Waals surface area (Å²) in [5.41, 5.74) is 3.35. The lowest BCUT2D eigenvalue weighted by molar-refractivity contribution is 0.0735. The van der Waals surface area contributed by atoms with Gasteiger partial charge in [0, 0.05) is 19.2 Å². The van der Waals surface area contributed by atoms with Crippen LogP contribution in [0.1, 0.15) is 43.4 Å². The normalized spacial score (nSPS) is 13.3. The summed E-state index contributed by atoms with van der Waals surface area (Å²) in [6.45, 7) is 11.9. The molecular formula is C20H30N2O3. The number of hydrogen-bond acceptors (Lipinski definition) is 5. The summed E-state index contributed by atoms with van der Waals surface area (Å²) >= 11 is 0. The van der Waals surface area contributed by atoms with Crippen molar-refractivity contribution in [3.05, 3.63) is 46.8 Å². The van der Waals surface area contributed by atoms with Crippen molar-refractivity contribution < 1.29 is 14.4 Å². The highest BCUT2D eigenvalue weighted by molar-refractivity contribution is 5.38. The van der Waals surface area contributed by atoms with Gasteiger partial charge in [-0.1, -0.05) is 38.1 Å². The summed E-state index contributed by atoms with van der Waals surface area (Å²) < 4.78 is 10.9. The maximum Gasteiger partial charge on any atom is 0.133 e. The van der Waals surface area contributed by atoms with Crippen molar-refractivity contribution in [3.8, 4) is 5.75 Å². The summed E-state index contributed by atoms with van der Waals surface area (Å²) in [5.74, 6) is 1.61. The molecule has 138 valence electrons. The summed E-state index contributed by atoms with van der Waals surface area (Å²) in [6.07, 6.45) is -0.570. The minimum atomic E-state index is -0.570. The number of hydrogen-bond donors (Lipinski definition) is 1. The van der Waals surface area contributed by atoms with Crippen molar-refractivity contribution in [1.82, 2.24) is 10.1 Å². The third kappa shape index (κ3) is 5.87. The van der Waals surface area contributed by atoms with Crippen LogP contribution in [0, 0.1) is 13.8 Å². The summed E-state index contributed by atoms with van der Waals surface area (Å²) in [4.78, 5) is 2.00. The average Bonchev–Trinajstić information content (AvgIpc) is 2.89. The molecule has 0 spiro atoms. The largest absolute Gasteiger partial charge is 0.491 e. The van der Waals surface area contributed by atoms with Crippen LogP contribution in [0.3, 0.4) is 0 Å². The van der Waals surface area contributed by atoms with Crippen molar-refractivity contribution in [2.75, 3.05) is 20.2 Å². The Morgan fingerprint density at radius 1 is 1.24 bits per heavy atom. The number of benzene rings is 1. The average molecular weight is 346 g/mol. The van der Waals surface area contributed by atoms with Crippen molar-refractivity contribution in [2.45, 2.75) is 52.7 Å². The van der Waals surface area contributed by atoms with Gasteiger partial charge in [-0.3, -0.25) is 4.90 Å². The van der Waals surface area contributed by atoms with Crippen molar-refractivity contribution in [1.29, 1.82) is 0 Å². The van der Waals surface area contributed by atoms with E-state index in [4.69, 9.17) is 9.26 Å². The van der Waals surface area contributed by atoms with Crippen molar-refractivity contribution >= 4 is 0 Å². The molecule has 1 unspecified atom stereocenters. The first-order valence-corrected chi connectivity index (χ1v) is 8.68. The van der Waals surface area contributed by atoms with Crippen LogP contribution >= 0.6 is 0 Å². The molecule has 0 bridgehead atoms. The molecule has 0 fully saturated rings. The molecule has 5 nitrogen and oxygen atoms in total. The Balaban J connectivity index is 1.84. The maximum absolute atomic E-state index is 10.2. The van der Waals surface area contributed by atoms with E-state index in [0.29, 0.717) is 13.1 Å². The van der Waals surface area contributed by atoms with E-state index in [-0.39, 0.29) is 12.0 Å². The van der Waals surface area contributed by atoms with Crippen LogP contribution in [-0.4, -0.2) is 41.5 Å². The molecule has 1 aromatic carbocycles. The monoisotopic (exact) mass is 346 g/mol. The van der Waals surface area contributed by atoms with Crippen molar-refractivity contribution in [3.63, 3.8) is 0 Å². The number of aryl methyl sites for hydroxylation is 2. The first-order valence-electron chi connectivity index (χ1n) is 8.68. The second kappa shape index (κ2) is 8.02. The zero-order chi connectivity index (χ0) is 18.6. The van der Waals surface area contributed by atoms with Gasteiger partial charge in [0.2, 0.25) is 0 Å². The summed E-state index contributed by atoms with van der Waals surface area (Å²) in [6, 6.07) is 8.14. The molecule has 2 aromatic rings. The van der Waals surface area contributed by atoms with Crippen LogP contribution < -0.4 is 4.74 Å². The van der Waals surface area contributed by atoms with E-state index < -0.39 is 6.10 Å². The third-order valence-corrected chi connectivity index (χ3v) is 4.10. The Bertz CT molecular complexity index is 688. The van der Waals surface area contributed by atoms with Crippen LogP contribution in [0.4, 0.5) is 0 Å². The van der Waals surface area contributed by atoms with Gasteiger partial charge in [0.15, 0.2) is 0 Å². The van der Waals surface area contributed by atoms with Crippen LogP contribution in [0.5, 0.6) is 5.75 Å². The first kappa shape index (κ1) is 19.5. The zero-order valence-corrected chi connectivity index (χ0v) is 16.2. The van der Waals surface area contributed by atoms with Crippen LogP contribution in [0.2, 0.25) is 0 Å². The van der Waals surface area contributed by atoms with E-state index in [1.807, 2.05) is 37.9 Å². The highest BCUT2D eigenvalue weighted by Crippen LogP contribution is 2.27. The number of aliphatic hydroxyl groups is 1. The molecule has 2 rings (SSSR count). The van der Waals surface area contributed by atoms with Gasteiger partial charge < -0.3 is 14.4 Å². The maximum atomic E-state index is 10.2.